The first-order valence-electron chi connectivity index (χ1n) is 8.37. The van der Waals surface area contributed by atoms with Crippen LogP contribution < -0.4 is 5.32 Å². The van der Waals surface area contributed by atoms with Gasteiger partial charge in [-0.1, -0.05) is 0 Å². The van der Waals surface area contributed by atoms with E-state index in [1.165, 1.54) is 25.1 Å². The minimum absolute atomic E-state index is 0.0554. The highest BCUT2D eigenvalue weighted by atomic mass is 32.1. The van der Waals surface area contributed by atoms with Gasteiger partial charge in [-0.05, 0) is 32.9 Å². The second-order valence-electron chi connectivity index (χ2n) is 6.30. The molecule has 0 aliphatic heterocycles. The van der Waals surface area contributed by atoms with Crippen LogP contribution in [-0.4, -0.2) is 32.7 Å². The minimum atomic E-state index is -1.02. The van der Waals surface area contributed by atoms with Gasteiger partial charge in [0.05, 0.1) is 22.0 Å². The molecule has 0 saturated heterocycles. The van der Waals surface area contributed by atoms with Gasteiger partial charge in [0.25, 0.3) is 11.6 Å². The molecular formula is C18H18N4O5S. The Kier molecular flexibility index (Phi) is 5.14. The van der Waals surface area contributed by atoms with E-state index in [-0.39, 0.29) is 10.6 Å². The Morgan fingerprint density at radius 3 is 2.64 bits per heavy atom. The van der Waals surface area contributed by atoms with Gasteiger partial charge in [-0.25, -0.2) is 4.79 Å². The van der Waals surface area contributed by atoms with Crippen LogP contribution in [0.4, 0.5) is 11.4 Å². The van der Waals surface area contributed by atoms with E-state index < -0.39 is 22.9 Å². The first kappa shape index (κ1) is 19.5. The average Bonchev–Trinajstić information content (AvgIpc) is 3.17. The van der Waals surface area contributed by atoms with Crippen molar-refractivity contribution >= 4 is 44.7 Å². The molecule has 0 saturated carbocycles. The number of ether oxygens (including phenoxy) is 1. The summed E-state index contributed by atoms with van der Waals surface area (Å²) < 4.78 is 7.63. The Labute approximate surface area is 164 Å². The summed E-state index contributed by atoms with van der Waals surface area (Å²) in [5.74, 6) is -1.13. The fourth-order valence-electron chi connectivity index (χ4n) is 2.70. The molecule has 3 aromatic rings. The summed E-state index contributed by atoms with van der Waals surface area (Å²) in [6.07, 6.45) is -1.02. The van der Waals surface area contributed by atoms with Crippen LogP contribution in [-0.2, 0) is 16.6 Å². The normalized spacial score (nSPS) is 12.0. The second kappa shape index (κ2) is 7.39. The van der Waals surface area contributed by atoms with Crippen LogP contribution >= 0.6 is 11.3 Å². The average molecular weight is 402 g/mol. The number of hydrogen-bond acceptors (Lipinski definition) is 7. The van der Waals surface area contributed by atoms with E-state index in [2.05, 4.69) is 10.4 Å². The van der Waals surface area contributed by atoms with Crippen LogP contribution in [0.5, 0.6) is 0 Å². The summed E-state index contributed by atoms with van der Waals surface area (Å²) in [5, 5.41) is 18.4. The van der Waals surface area contributed by atoms with Gasteiger partial charge in [-0.2, -0.15) is 5.10 Å². The Balaban J connectivity index is 1.72. The van der Waals surface area contributed by atoms with E-state index in [4.69, 9.17) is 4.74 Å². The van der Waals surface area contributed by atoms with E-state index in [0.29, 0.717) is 16.8 Å². The van der Waals surface area contributed by atoms with Gasteiger partial charge in [0.2, 0.25) is 0 Å². The number of esters is 1. The number of rotatable bonds is 5. The summed E-state index contributed by atoms with van der Waals surface area (Å²) in [5.41, 5.74) is 1.98. The van der Waals surface area contributed by atoms with Gasteiger partial charge in [0.15, 0.2) is 6.10 Å². The molecular weight excluding hydrogens is 384 g/mol. The zero-order valence-corrected chi connectivity index (χ0v) is 16.5. The maximum absolute atomic E-state index is 12.4. The van der Waals surface area contributed by atoms with Crippen molar-refractivity contribution in [1.82, 2.24) is 9.78 Å². The van der Waals surface area contributed by atoms with Crippen molar-refractivity contribution in [2.24, 2.45) is 7.05 Å². The van der Waals surface area contributed by atoms with Crippen LogP contribution in [0.15, 0.2) is 24.3 Å². The van der Waals surface area contributed by atoms with Gasteiger partial charge in [-0.3, -0.25) is 19.6 Å². The van der Waals surface area contributed by atoms with Gasteiger partial charge in [0, 0.05) is 29.3 Å². The van der Waals surface area contributed by atoms with Crippen molar-refractivity contribution in [3.8, 4) is 0 Å². The van der Waals surface area contributed by atoms with E-state index in [9.17, 15) is 19.7 Å². The highest BCUT2D eigenvalue weighted by Gasteiger charge is 2.23. The number of nitro benzene ring substituents is 1. The summed E-state index contributed by atoms with van der Waals surface area (Å²) in [6.45, 7) is 5.07. The number of aromatic nitrogens is 2. The number of fused-ring (bicyclic) bond motifs is 1. The van der Waals surface area contributed by atoms with Gasteiger partial charge >= 0.3 is 5.97 Å². The Morgan fingerprint density at radius 1 is 1.32 bits per heavy atom. The van der Waals surface area contributed by atoms with E-state index in [1.54, 1.807) is 24.7 Å². The number of carbonyl (C=O) groups excluding carboxylic acids is 2. The maximum Gasteiger partial charge on any atom is 0.349 e. The van der Waals surface area contributed by atoms with Crippen LogP contribution in [0, 0.1) is 24.0 Å². The quantitative estimate of drug-likeness (QED) is 0.397. The standard InChI is InChI=1S/C18H18N4O5S/c1-9-16(10(2)21(4)20-9)19-17(23)11(3)27-18(24)15-8-12-7-13(22(25)26)5-6-14(12)28-15/h5-8,11H,1-4H3,(H,19,23)/t11-/m0/s1. The molecule has 0 aliphatic rings. The number of hydrogen-bond donors (Lipinski definition) is 1. The molecule has 2 aromatic heterocycles. The number of non-ortho nitro benzene ring substituents is 1. The number of nitrogens with one attached hydrogen (secondary N) is 1. The molecule has 1 aromatic carbocycles. The number of amides is 1. The number of nitrogens with zero attached hydrogens (tertiary/aromatic N) is 3. The zero-order chi connectivity index (χ0) is 20.6. The summed E-state index contributed by atoms with van der Waals surface area (Å²) in [7, 11) is 1.77. The molecule has 0 radical (unpaired) electrons. The first-order valence-corrected chi connectivity index (χ1v) is 9.19. The second-order valence-corrected chi connectivity index (χ2v) is 7.38. The van der Waals surface area contributed by atoms with Crippen molar-refractivity contribution in [2.45, 2.75) is 26.9 Å². The smallest absolute Gasteiger partial charge is 0.349 e. The molecule has 1 atom stereocenters. The minimum Gasteiger partial charge on any atom is -0.448 e. The lowest BCUT2D eigenvalue weighted by molar-refractivity contribution is -0.384. The molecule has 3 rings (SSSR count). The van der Waals surface area contributed by atoms with Crippen molar-refractivity contribution in [3.05, 3.63) is 50.6 Å². The zero-order valence-electron chi connectivity index (χ0n) is 15.7. The summed E-state index contributed by atoms with van der Waals surface area (Å²) in [4.78, 5) is 35.4. The van der Waals surface area contributed by atoms with Crippen molar-refractivity contribution in [3.63, 3.8) is 0 Å². The third kappa shape index (κ3) is 3.72. The fourth-order valence-corrected chi connectivity index (χ4v) is 3.62. The van der Waals surface area contributed by atoms with E-state index in [1.807, 2.05) is 6.92 Å². The molecule has 1 amide bonds. The lowest BCUT2D eigenvalue weighted by Gasteiger charge is -2.13. The SMILES string of the molecule is Cc1nn(C)c(C)c1NC(=O)[C@H](C)OC(=O)c1cc2cc([N+](=O)[O-])ccc2s1. The third-order valence-corrected chi connectivity index (χ3v) is 5.42. The van der Waals surface area contributed by atoms with Gasteiger partial charge in [0.1, 0.15) is 4.88 Å². The molecule has 146 valence electrons. The Hall–Kier alpha value is -3.27. The number of benzene rings is 1. The maximum atomic E-state index is 12.4. The Morgan fingerprint density at radius 2 is 2.04 bits per heavy atom. The van der Waals surface area contributed by atoms with Gasteiger partial charge in [-0.15, -0.1) is 11.3 Å². The van der Waals surface area contributed by atoms with Crippen LogP contribution in [0.3, 0.4) is 0 Å². The highest BCUT2D eigenvalue weighted by molar-refractivity contribution is 7.20. The lowest BCUT2D eigenvalue weighted by Crippen LogP contribution is -2.30. The summed E-state index contributed by atoms with van der Waals surface area (Å²) in [6, 6.07) is 5.88. The lowest BCUT2D eigenvalue weighted by atomic mass is 10.2. The largest absolute Gasteiger partial charge is 0.448 e. The molecule has 10 heteroatoms. The first-order chi connectivity index (χ1) is 13.2. The van der Waals surface area contributed by atoms with Crippen molar-refractivity contribution in [2.75, 3.05) is 5.32 Å². The van der Waals surface area contributed by atoms with E-state index >= 15 is 0 Å². The third-order valence-electron chi connectivity index (χ3n) is 4.32. The Bertz CT molecular complexity index is 1100. The highest BCUT2D eigenvalue weighted by Crippen LogP contribution is 2.29. The molecule has 0 unspecified atom stereocenters. The van der Waals surface area contributed by atoms with Crippen LogP contribution in [0.25, 0.3) is 10.1 Å². The fraction of sp³-hybridized carbons (Fsp3) is 0.278. The summed E-state index contributed by atoms with van der Waals surface area (Å²) >= 11 is 1.15. The molecule has 0 fully saturated rings. The number of anilines is 1. The molecule has 0 aliphatic carbocycles. The van der Waals surface area contributed by atoms with E-state index in [0.717, 1.165) is 21.7 Å². The predicted octanol–water partition coefficient (Wildman–Crippen LogP) is 3.34. The number of aryl methyl sites for hydroxylation is 2. The van der Waals surface area contributed by atoms with Crippen LogP contribution in [0.1, 0.15) is 28.0 Å². The topological polar surface area (TPSA) is 116 Å². The molecule has 0 spiro atoms. The number of carbonyl (C=O) groups is 2. The number of nitro groups is 1. The molecule has 9 nitrogen and oxygen atoms in total. The molecule has 28 heavy (non-hydrogen) atoms. The molecule has 2 heterocycles. The van der Waals surface area contributed by atoms with Crippen LogP contribution in [0.2, 0.25) is 0 Å². The number of thiophene rings is 1. The molecule has 0 bridgehead atoms. The molecule has 1 N–H and O–H groups in total. The van der Waals surface area contributed by atoms with Gasteiger partial charge < -0.3 is 10.1 Å². The van der Waals surface area contributed by atoms with Crippen molar-refractivity contribution < 1.29 is 19.2 Å². The predicted molar refractivity (Wildman–Crippen MR) is 105 cm³/mol. The monoisotopic (exact) mass is 402 g/mol. The van der Waals surface area contributed by atoms with Crippen molar-refractivity contribution in [1.29, 1.82) is 0 Å².